The first kappa shape index (κ1) is 24.7. The molecule has 10 heteroatoms. The van der Waals surface area contributed by atoms with E-state index in [-0.39, 0.29) is 55.1 Å². The van der Waals surface area contributed by atoms with Gasteiger partial charge in [0.05, 0.1) is 30.3 Å². The molecule has 0 saturated heterocycles. The fourth-order valence-corrected chi connectivity index (χ4v) is 4.29. The van der Waals surface area contributed by atoms with E-state index < -0.39 is 11.2 Å². The van der Waals surface area contributed by atoms with E-state index in [2.05, 4.69) is 21.2 Å². The molecular formula is C25H21BrClN3O5. The quantitative estimate of drug-likeness (QED) is 0.311. The van der Waals surface area contributed by atoms with E-state index in [0.717, 1.165) is 9.04 Å². The summed E-state index contributed by atoms with van der Waals surface area (Å²) in [5, 5.41) is 3.33. The van der Waals surface area contributed by atoms with Crippen LogP contribution in [0.4, 0.5) is 0 Å². The average molecular weight is 559 g/mol. The summed E-state index contributed by atoms with van der Waals surface area (Å²) in [4.78, 5) is 51.5. The van der Waals surface area contributed by atoms with Crippen LogP contribution in [0.2, 0.25) is 5.02 Å². The van der Waals surface area contributed by atoms with Crippen molar-refractivity contribution in [3.63, 3.8) is 0 Å². The van der Waals surface area contributed by atoms with E-state index in [0.29, 0.717) is 16.3 Å². The molecule has 2 heterocycles. The predicted octanol–water partition coefficient (Wildman–Crippen LogP) is 4.15. The van der Waals surface area contributed by atoms with Gasteiger partial charge in [0.1, 0.15) is 5.76 Å². The second kappa shape index (κ2) is 10.9. The molecule has 0 radical (unpaired) electrons. The van der Waals surface area contributed by atoms with Crippen molar-refractivity contribution in [1.29, 1.82) is 0 Å². The zero-order chi connectivity index (χ0) is 24.9. The Morgan fingerprint density at radius 1 is 1.03 bits per heavy atom. The van der Waals surface area contributed by atoms with Gasteiger partial charge in [-0.25, -0.2) is 4.79 Å². The molecule has 0 aliphatic heterocycles. The van der Waals surface area contributed by atoms with Crippen LogP contribution in [-0.4, -0.2) is 20.8 Å². The number of Topliss-reactive ketones (excluding diaryl/α,β-unsaturated/α-hetero) is 1. The highest BCUT2D eigenvalue weighted by Crippen LogP contribution is 2.17. The van der Waals surface area contributed by atoms with Crippen LogP contribution in [0, 0.1) is 0 Å². The fraction of sp³-hybridized carbons (Fsp3) is 0.200. The molecule has 8 nitrogen and oxygen atoms in total. The van der Waals surface area contributed by atoms with Crippen LogP contribution in [0.3, 0.4) is 0 Å². The summed E-state index contributed by atoms with van der Waals surface area (Å²) in [5.74, 6) is 0.102. The van der Waals surface area contributed by atoms with Crippen molar-refractivity contribution < 1.29 is 14.0 Å². The van der Waals surface area contributed by atoms with Gasteiger partial charge in [-0.2, -0.15) is 0 Å². The molecule has 0 atom stereocenters. The average Bonchev–Trinajstić information content (AvgIpc) is 3.36. The third-order valence-corrected chi connectivity index (χ3v) is 6.19. The van der Waals surface area contributed by atoms with Gasteiger partial charge >= 0.3 is 5.69 Å². The Balaban J connectivity index is 1.58. The molecule has 2 aromatic carbocycles. The SMILES string of the molecule is O=C(CCCn1c(=O)c2ccc(Cl)cc2n(CC(=O)c2cccc(Br)c2)c1=O)NCc1ccco1. The summed E-state index contributed by atoms with van der Waals surface area (Å²) in [6.45, 7) is 0.0125. The molecule has 0 spiro atoms. The summed E-state index contributed by atoms with van der Waals surface area (Å²) in [6, 6.07) is 14.9. The second-order valence-electron chi connectivity index (χ2n) is 7.88. The number of fused-ring (bicyclic) bond motifs is 1. The third kappa shape index (κ3) is 5.80. The molecule has 1 N–H and O–H groups in total. The number of nitrogens with one attached hydrogen (secondary N) is 1. The second-order valence-corrected chi connectivity index (χ2v) is 9.23. The number of hydrogen-bond acceptors (Lipinski definition) is 5. The van der Waals surface area contributed by atoms with Crippen LogP contribution >= 0.6 is 27.5 Å². The largest absolute Gasteiger partial charge is 0.467 e. The Hall–Kier alpha value is -3.43. The minimum atomic E-state index is -0.635. The molecule has 4 aromatic rings. The van der Waals surface area contributed by atoms with Crippen molar-refractivity contribution >= 4 is 50.1 Å². The molecule has 0 aliphatic rings. The number of aromatic nitrogens is 2. The smallest absolute Gasteiger partial charge is 0.331 e. The number of nitrogens with zero attached hydrogens (tertiary/aromatic N) is 2. The van der Waals surface area contributed by atoms with Crippen LogP contribution < -0.4 is 16.6 Å². The van der Waals surface area contributed by atoms with Gasteiger partial charge in [-0.05, 0) is 48.9 Å². The lowest BCUT2D eigenvalue weighted by atomic mass is 10.1. The molecule has 0 aliphatic carbocycles. The highest BCUT2D eigenvalue weighted by atomic mass is 79.9. The minimum absolute atomic E-state index is 0.0233. The van der Waals surface area contributed by atoms with Crippen molar-refractivity contribution in [1.82, 2.24) is 14.5 Å². The Labute approximate surface area is 213 Å². The lowest BCUT2D eigenvalue weighted by Gasteiger charge is -2.14. The minimum Gasteiger partial charge on any atom is -0.467 e. The maximum Gasteiger partial charge on any atom is 0.331 e. The normalized spacial score (nSPS) is 11.0. The summed E-state index contributed by atoms with van der Waals surface area (Å²) in [5.41, 5.74) is -0.427. The van der Waals surface area contributed by atoms with Gasteiger partial charge in [0, 0.05) is 28.0 Å². The van der Waals surface area contributed by atoms with Crippen LogP contribution in [0.15, 0.2) is 79.3 Å². The lowest BCUT2D eigenvalue weighted by molar-refractivity contribution is -0.121. The van der Waals surface area contributed by atoms with Gasteiger partial charge in [-0.3, -0.25) is 23.5 Å². The van der Waals surface area contributed by atoms with E-state index in [1.165, 1.54) is 23.0 Å². The van der Waals surface area contributed by atoms with E-state index in [1.54, 1.807) is 42.5 Å². The maximum absolute atomic E-state index is 13.3. The van der Waals surface area contributed by atoms with Gasteiger partial charge in [0.15, 0.2) is 5.78 Å². The van der Waals surface area contributed by atoms with Crippen molar-refractivity contribution in [2.24, 2.45) is 0 Å². The zero-order valence-electron chi connectivity index (χ0n) is 18.5. The Kier molecular flexibility index (Phi) is 7.67. The Bertz CT molecular complexity index is 1510. The van der Waals surface area contributed by atoms with Crippen LogP contribution in [-0.2, 0) is 24.4 Å². The number of benzene rings is 2. The first-order chi connectivity index (χ1) is 16.8. The Morgan fingerprint density at radius 3 is 2.60 bits per heavy atom. The van der Waals surface area contributed by atoms with Crippen molar-refractivity contribution in [3.8, 4) is 0 Å². The summed E-state index contributed by atoms with van der Waals surface area (Å²) in [7, 11) is 0. The number of halogens is 2. The van der Waals surface area contributed by atoms with E-state index >= 15 is 0 Å². The van der Waals surface area contributed by atoms with Gasteiger partial charge in [-0.1, -0.05) is 39.7 Å². The number of furan rings is 1. The molecule has 1 amide bonds. The molecule has 0 unspecified atom stereocenters. The number of rotatable bonds is 9. The molecule has 180 valence electrons. The summed E-state index contributed by atoms with van der Waals surface area (Å²) in [6.07, 6.45) is 1.90. The molecular weight excluding hydrogens is 538 g/mol. The van der Waals surface area contributed by atoms with Crippen molar-refractivity contribution in [2.45, 2.75) is 32.5 Å². The van der Waals surface area contributed by atoms with Crippen LogP contribution in [0.25, 0.3) is 10.9 Å². The summed E-state index contributed by atoms with van der Waals surface area (Å²) < 4.78 is 8.23. The van der Waals surface area contributed by atoms with Gasteiger partial charge in [0.25, 0.3) is 5.56 Å². The number of ketones is 1. The molecule has 35 heavy (non-hydrogen) atoms. The monoisotopic (exact) mass is 557 g/mol. The number of amides is 1. The van der Waals surface area contributed by atoms with Gasteiger partial charge < -0.3 is 9.73 Å². The molecule has 2 aromatic heterocycles. The van der Waals surface area contributed by atoms with Crippen LogP contribution in [0.1, 0.15) is 29.0 Å². The summed E-state index contributed by atoms with van der Waals surface area (Å²) >= 11 is 9.47. The highest BCUT2D eigenvalue weighted by Gasteiger charge is 2.17. The first-order valence-electron chi connectivity index (χ1n) is 10.8. The van der Waals surface area contributed by atoms with E-state index in [9.17, 15) is 19.2 Å². The van der Waals surface area contributed by atoms with Crippen molar-refractivity contribution in [3.05, 3.63) is 103 Å². The molecule has 0 bridgehead atoms. The highest BCUT2D eigenvalue weighted by molar-refractivity contribution is 9.10. The Morgan fingerprint density at radius 2 is 1.86 bits per heavy atom. The molecule has 0 fully saturated rings. The first-order valence-corrected chi connectivity index (χ1v) is 12.0. The van der Waals surface area contributed by atoms with Gasteiger partial charge in [-0.15, -0.1) is 0 Å². The fourth-order valence-electron chi connectivity index (χ4n) is 3.72. The standard InChI is InChI=1S/C25H21BrClN3O5/c26-17-5-1-4-16(12-17)22(31)15-30-21-13-18(27)8-9-20(21)24(33)29(25(30)34)10-2-7-23(32)28-14-19-6-3-11-35-19/h1,3-6,8-9,11-13H,2,7,10,14-15H2,(H,28,32). The zero-order valence-corrected chi connectivity index (χ0v) is 20.8. The van der Waals surface area contributed by atoms with Gasteiger partial charge in [0.2, 0.25) is 5.91 Å². The van der Waals surface area contributed by atoms with Crippen molar-refractivity contribution in [2.75, 3.05) is 0 Å². The third-order valence-electron chi connectivity index (χ3n) is 5.46. The number of hydrogen-bond donors (Lipinski definition) is 1. The van der Waals surface area contributed by atoms with E-state index in [4.69, 9.17) is 16.0 Å². The molecule has 0 saturated carbocycles. The number of carbonyl (C=O) groups excluding carboxylic acids is 2. The number of carbonyl (C=O) groups is 2. The van der Waals surface area contributed by atoms with E-state index in [1.807, 2.05) is 0 Å². The van der Waals surface area contributed by atoms with Crippen LogP contribution in [0.5, 0.6) is 0 Å². The predicted molar refractivity (Wildman–Crippen MR) is 136 cm³/mol. The molecule has 4 rings (SSSR count). The lowest BCUT2D eigenvalue weighted by Crippen LogP contribution is -2.41. The maximum atomic E-state index is 13.3. The topological polar surface area (TPSA) is 103 Å².